The monoisotopic (exact) mass is 232 g/mol. The van der Waals surface area contributed by atoms with Gasteiger partial charge in [-0.3, -0.25) is 4.79 Å². The first-order chi connectivity index (χ1) is 8.18. The number of aliphatic hydroxyl groups is 1. The normalized spacial score (nSPS) is 12.3. The van der Waals surface area contributed by atoms with E-state index in [1.807, 2.05) is 18.2 Å². The minimum atomic E-state index is -0.968. The molecule has 0 aliphatic heterocycles. The molecule has 1 unspecified atom stereocenters. The van der Waals surface area contributed by atoms with Gasteiger partial charge < -0.3 is 14.8 Å². The van der Waals surface area contributed by atoms with Crippen molar-refractivity contribution >= 4 is 5.97 Å². The number of hydrogen-bond acceptors (Lipinski definition) is 3. The zero-order valence-electron chi connectivity index (χ0n) is 9.02. The number of rotatable bonds is 4. The van der Waals surface area contributed by atoms with Gasteiger partial charge in [-0.05, 0) is 5.56 Å². The van der Waals surface area contributed by atoms with Gasteiger partial charge in [-0.15, -0.1) is 0 Å². The van der Waals surface area contributed by atoms with Crippen molar-refractivity contribution < 1.29 is 15.0 Å². The van der Waals surface area contributed by atoms with Gasteiger partial charge in [-0.1, -0.05) is 30.3 Å². The zero-order chi connectivity index (χ0) is 12.3. The summed E-state index contributed by atoms with van der Waals surface area (Å²) in [5, 5.41) is 18.8. The lowest BCUT2D eigenvalue weighted by molar-refractivity contribution is -0.137. The van der Waals surface area contributed by atoms with Crippen molar-refractivity contribution in [3.05, 3.63) is 54.1 Å². The number of carboxylic acids is 1. The smallest absolute Gasteiger partial charge is 0.323 e. The molecule has 0 bridgehead atoms. The maximum Gasteiger partial charge on any atom is 0.323 e. The van der Waals surface area contributed by atoms with Gasteiger partial charge in [0.1, 0.15) is 18.5 Å². The van der Waals surface area contributed by atoms with Crippen LogP contribution in [0, 0.1) is 0 Å². The third-order valence-electron chi connectivity index (χ3n) is 2.41. The topological polar surface area (TPSA) is 75.3 Å². The van der Waals surface area contributed by atoms with Crippen molar-refractivity contribution in [1.82, 2.24) is 9.55 Å². The van der Waals surface area contributed by atoms with Gasteiger partial charge in [0.2, 0.25) is 0 Å². The molecule has 1 atom stereocenters. The minimum absolute atomic E-state index is 0.209. The largest absolute Gasteiger partial charge is 0.480 e. The predicted molar refractivity (Wildman–Crippen MR) is 60.4 cm³/mol. The molecule has 5 heteroatoms. The lowest BCUT2D eigenvalue weighted by Crippen LogP contribution is -2.14. The zero-order valence-corrected chi connectivity index (χ0v) is 9.02. The van der Waals surface area contributed by atoms with E-state index in [1.54, 1.807) is 12.1 Å². The first kappa shape index (κ1) is 11.3. The van der Waals surface area contributed by atoms with E-state index < -0.39 is 12.1 Å². The van der Waals surface area contributed by atoms with Crippen LogP contribution in [0.3, 0.4) is 0 Å². The highest BCUT2D eigenvalue weighted by molar-refractivity contribution is 5.66. The molecule has 1 aromatic carbocycles. The Balaban J connectivity index is 2.28. The molecular formula is C12H12N2O3. The molecule has 0 amide bonds. The Kier molecular flexibility index (Phi) is 3.20. The molecule has 0 fully saturated rings. The lowest BCUT2D eigenvalue weighted by atomic mass is 10.1. The number of hydrogen-bond donors (Lipinski definition) is 2. The second-order valence-electron chi connectivity index (χ2n) is 3.62. The van der Waals surface area contributed by atoms with E-state index in [-0.39, 0.29) is 6.54 Å². The number of carbonyl (C=O) groups is 1. The van der Waals surface area contributed by atoms with Crippen LogP contribution in [0.5, 0.6) is 0 Å². The molecule has 0 aliphatic carbocycles. The predicted octanol–water partition coefficient (Wildman–Crippen LogP) is 1.05. The molecule has 2 N–H and O–H groups in total. The number of benzene rings is 1. The van der Waals surface area contributed by atoms with E-state index >= 15 is 0 Å². The summed E-state index contributed by atoms with van der Waals surface area (Å²) in [6.07, 6.45) is 2.10. The van der Waals surface area contributed by atoms with Crippen molar-refractivity contribution in [2.45, 2.75) is 12.6 Å². The highest BCUT2D eigenvalue weighted by Crippen LogP contribution is 2.19. The van der Waals surface area contributed by atoms with Crippen molar-refractivity contribution in [3.63, 3.8) is 0 Å². The molecule has 2 rings (SSSR count). The van der Waals surface area contributed by atoms with Gasteiger partial charge in [0.15, 0.2) is 0 Å². The summed E-state index contributed by atoms with van der Waals surface area (Å²) < 4.78 is 1.42. The first-order valence-corrected chi connectivity index (χ1v) is 5.14. The lowest BCUT2D eigenvalue weighted by Gasteiger charge is -2.12. The minimum Gasteiger partial charge on any atom is -0.480 e. The van der Waals surface area contributed by atoms with Crippen molar-refractivity contribution in [1.29, 1.82) is 0 Å². The fourth-order valence-electron chi connectivity index (χ4n) is 1.63. The highest BCUT2D eigenvalue weighted by atomic mass is 16.4. The number of imidazole rings is 1. The molecule has 1 heterocycles. The number of aliphatic hydroxyl groups excluding tert-OH is 1. The Labute approximate surface area is 98.0 Å². The number of aromatic nitrogens is 2. The molecule has 0 saturated heterocycles. The second-order valence-corrected chi connectivity index (χ2v) is 3.62. The van der Waals surface area contributed by atoms with E-state index in [9.17, 15) is 9.90 Å². The van der Waals surface area contributed by atoms with E-state index in [0.717, 1.165) is 0 Å². The van der Waals surface area contributed by atoms with E-state index in [0.29, 0.717) is 11.4 Å². The van der Waals surface area contributed by atoms with Crippen molar-refractivity contribution in [2.75, 3.05) is 0 Å². The van der Waals surface area contributed by atoms with E-state index in [4.69, 9.17) is 5.11 Å². The summed E-state index contributed by atoms with van der Waals surface area (Å²) in [7, 11) is 0. The first-order valence-electron chi connectivity index (χ1n) is 5.14. The summed E-state index contributed by atoms with van der Waals surface area (Å²) in [5.74, 6) is -0.636. The quantitative estimate of drug-likeness (QED) is 0.826. The van der Waals surface area contributed by atoms with Crippen LogP contribution in [0.2, 0.25) is 0 Å². The molecule has 88 valence electrons. The third kappa shape index (κ3) is 2.51. The van der Waals surface area contributed by atoms with Crippen molar-refractivity contribution in [2.24, 2.45) is 0 Å². The molecule has 2 aromatic rings. The fraction of sp³-hybridized carbons (Fsp3) is 0.167. The van der Waals surface area contributed by atoms with Gasteiger partial charge in [-0.2, -0.15) is 0 Å². The van der Waals surface area contributed by atoms with Crippen LogP contribution in [-0.2, 0) is 11.3 Å². The molecule has 0 radical (unpaired) electrons. The number of aliphatic carboxylic acids is 1. The summed E-state index contributed by atoms with van der Waals surface area (Å²) in [6, 6.07) is 9.00. The number of nitrogens with zero attached hydrogens (tertiary/aromatic N) is 2. The Morgan fingerprint density at radius 3 is 2.71 bits per heavy atom. The Morgan fingerprint density at radius 1 is 1.35 bits per heavy atom. The van der Waals surface area contributed by atoms with Crippen LogP contribution in [0.15, 0.2) is 42.7 Å². The Morgan fingerprint density at radius 2 is 2.06 bits per heavy atom. The third-order valence-corrected chi connectivity index (χ3v) is 2.41. The molecular weight excluding hydrogens is 220 g/mol. The van der Waals surface area contributed by atoms with Gasteiger partial charge in [-0.25, -0.2) is 4.98 Å². The average Bonchev–Trinajstić information content (AvgIpc) is 2.76. The summed E-state index contributed by atoms with van der Waals surface area (Å²) >= 11 is 0. The average molecular weight is 232 g/mol. The maximum atomic E-state index is 10.6. The second kappa shape index (κ2) is 4.80. The number of carboxylic acid groups (broad SMARTS) is 1. The molecule has 0 aliphatic rings. The fourth-order valence-corrected chi connectivity index (χ4v) is 1.63. The Hall–Kier alpha value is -2.14. The van der Waals surface area contributed by atoms with E-state index in [1.165, 1.54) is 17.0 Å². The SMILES string of the molecule is O=C(O)Cn1ccnc1C(O)c1ccccc1. The molecule has 0 saturated carbocycles. The van der Waals surface area contributed by atoms with Gasteiger partial charge in [0.25, 0.3) is 0 Å². The molecule has 17 heavy (non-hydrogen) atoms. The van der Waals surface area contributed by atoms with Crippen LogP contribution in [0.25, 0.3) is 0 Å². The van der Waals surface area contributed by atoms with E-state index in [2.05, 4.69) is 4.98 Å². The van der Waals surface area contributed by atoms with Gasteiger partial charge in [0, 0.05) is 12.4 Å². The molecule has 0 spiro atoms. The summed E-state index contributed by atoms with van der Waals surface area (Å²) in [4.78, 5) is 14.6. The van der Waals surface area contributed by atoms with Crippen LogP contribution in [-0.4, -0.2) is 25.7 Å². The van der Waals surface area contributed by atoms with Crippen LogP contribution in [0.1, 0.15) is 17.5 Å². The maximum absolute atomic E-state index is 10.6. The molecule has 5 nitrogen and oxygen atoms in total. The Bertz CT molecular complexity index is 507. The highest BCUT2D eigenvalue weighted by Gasteiger charge is 2.16. The van der Waals surface area contributed by atoms with Crippen LogP contribution in [0.4, 0.5) is 0 Å². The van der Waals surface area contributed by atoms with Crippen LogP contribution < -0.4 is 0 Å². The molecule has 1 aromatic heterocycles. The van der Waals surface area contributed by atoms with Gasteiger partial charge in [0.05, 0.1) is 0 Å². The van der Waals surface area contributed by atoms with Crippen molar-refractivity contribution in [3.8, 4) is 0 Å². The van der Waals surface area contributed by atoms with Crippen LogP contribution >= 0.6 is 0 Å². The standard InChI is InChI=1S/C12H12N2O3/c15-10(16)8-14-7-6-13-12(14)11(17)9-4-2-1-3-5-9/h1-7,11,17H,8H2,(H,15,16). The summed E-state index contributed by atoms with van der Waals surface area (Å²) in [5.41, 5.74) is 0.685. The van der Waals surface area contributed by atoms with Gasteiger partial charge >= 0.3 is 5.97 Å². The summed E-state index contributed by atoms with van der Waals surface area (Å²) in [6.45, 7) is -0.209.